The number of sulfone groups is 2. The molecule has 2 aromatic heterocycles. The number of hydrogen-bond acceptors (Lipinski definition) is 8. The highest BCUT2D eigenvalue weighted by Crippen LogP contribution is 2.31. The van der Waals surface area contributed by atoms with Crippen molar-refractivity contribution < 1.29 is 21.6 Å². The second-order valence-electron chi connectivity index (χ2n) is 8.42. The molecule has 0 aromatic carbocycles. The molecule has 0 saturated carbocycles. The number of Topliss-reactive ketones (excluding diaryl/α,β-unsaturated/α-hetero) is 1. The highest BCUT2D eigenvalue weighted by Gasteiger charge is 2.33. The van der Waals surface area contributed by atoms with Crippen LogP contribution >= 0.6 is 11.8 Å². The summed E-state index contributed by atoms with van der Waals surface area (Å²) in [7, 11) is -4.24. The molecule has 9 nitrogen and oxygen atoms in total. The van der Waals surface area contributed by atoms with Crippen LogP contribution in [0.25, 0.3) is 0 Å². The molecule has 31 heavy (non-hydrogen) atoms. The lowest BCUT2D eigenvalue weighted by Gasteiger charge is -2.16. The Balaban J connectivity index is 1.46. The van der Waals surface area contributed by atoms with Gasteiger partial charge in [0.1, 0.15) is 5.82 Å². The molecule has 4 rings (SSSR count). The number of rotatable bonds is 6. The van der Waals surface area contributed by atoms with E-state index in [4.69, 9.17) is 0 Å². The number of hydrogen-bond donors (Lipinski definition) is 0. The minimum absolute atomic E-state index is 0.0572. The second kappa shape index (κ2) is 8.04. The van der Waals surface area contributed by atoms with Gasteiger partial charge in [0, 0.05) is 36.0 Å². The van der Waals surface area contributed by atoms with E-state index in [1.807, 2.05) is 24.5 Å². The van der Waals surface area contributed by atoms with Crippen LogP contribution in [0.15, 0.2) is 11.2 Å². The minimum Gasteiger partial charge on any atom is -0.344 e. The van der Waals surface area contributed by atoms with Crippen LogP contribution in [0.3, 0.4) is 0 Å². The van der Waals surface area contributed by atoms with Crippen LogP contribution in [0.2, 0.25) is 0 Å². The van der Waals surface area contributed by atoms with Gasteiger partial charge in [-0.25, -0.2) is 16.8 Å². The average molecular weight is 487 g/mol. The van der Waals surface area contributed by atoms with Gasteiger partial charge in [-0.05, 0) is 32.8 Å². The standard InChI is InChI=1S/C19H26N4O5S3/c1-12-8-16(13(2)23(12)15-5-7-31(27,28)11-15)17(24)9-29-19-21-20-18(22(19)3)14-4-6-30(25,26)10-14/h8,14-15H,4-7,9-11H2,1-3H3/t14-,15+/m1/s1. The Morgan fingerprint density at radius 1 is 1.10 bits per heavy atom. The van der Waals surface area contributed by atoms with Crippen molar-refractivity contribution >= 4 is 37.2 Å². The molecule has 2 atom stereocenters. The predicted molar refractivity (Wildman–Crippen MR) is 118 cm³/mol. The van der Waals surface area contributed by atoms with Gasteiger partial charge >= 0.3 is 0 Å². The van der Waals surface area contributed by atoms with Crippen molar-refractivity contribution in [1.82, 2.24) is 19.3 Å². The van der Waals surface area contributed by atoms with Gasteiger partial charge in [0.15, 0.2) is 30.6 Å². The molecule has 0 spiro atoms. The zero-order valence-corrected chi connectivity index (χ0v) is 20.2. The zero-order chi connectivity index (χ0) is 22.6. The van der Waals surface area contributed by atoms with E-state index in [2.05, 4.69) is 10.2 Å². The van der Waals surface area contributed by atoms with Gasteiger partial charge in [0.05, 0.1) is 28.8 Å². The van der Waals surface area contributed by atoms with Crippen LogP contribution in [0.5, 0.6) is 0 Å². The van der Waals surface area contributed by atoms with E-state index < -0.39 is 19.7 Å². The van der Waals surface area contributed by atoms with E-state index in [0.29, 0.717) is 29.4 Å². The Hall–Kier alpha value is -1.66. The van der Waals surface area contributed by atoms with Crippen molar-refractivity contribution in [2.24, 2.45) is 7.05 Å². The molecule has 170 valence electrons. The van der Waals surface area contributed by atoms with Crippen LogP contribution < -0.4 is 0 Å². The topological polar surface area (TPSA) is 121 Å². The summed E-state index contributed by atoms with van der Waals surface area (Å²) in [5, 5.41) is 8.90. The third-order valence-corrected chi connectivity index (χ3v) is 10.7. The molecule has 0 bridgehead atoms. The number of aromatic nitrogens is 4. The molecule has 0 aliphatic carbocycles. The summed E-state index contributed by atoms with van der Waals surface area (Å²) in [5.41, 5.74) is 2.27. The van der Waals surface area contributed by atoms with Crippen molar-refractivity contribution in [3.05, 3.63) is 28.8 Å². The van der Waals surface area contributed by atoms with E-state index in [1.54, 1.807) is 11.6 Å². The molecule has 2 aliphatic heterocycles. The van der Waals surface area contributed by atoms with Gasteiger partial charge in [-0.15, -0.1) is 10.2 Å². The molecule has 4 heterocycles. The third kappa shape index (κ3) is 4.47. The fraction of sp³-hybridized carbons (Fsp3) is 0.632. The smallest absolute Gasteiger partial charge is 0.191 e. The third-order valence-electron chi connectivity index (χ3n) is 6.16. The van der Waals surface area contributed by atoms with Crippen molar-refractivity contribution in [3.63, 3.8) is 0 Å². The van der Waals surface area contributed by atoms with E-state index in [0.717, 1.165) is 11.4 Å². The van der Waals surface area contributed by atoms with E-state index in [1.165, 1.54) is 11.8 Å². The number of carbonyl (C=O) groups excluding carboxylic acids is 1. The molecule has 0 amide bonds. The Morgan fingerprint density at radius 3 is 2.39 bits per heavy atom. The summed E-state index contributed by atoms with van der Waals surface area (Å²) in [6.45, 7) is 3.75. The van der Waals surface area contributed by atoms with Crippen LogP contribution in [0.4, 0.5) is 0 Å². The van der Waals surface area contributed by atoms with Gasteiger partial charge in [0.25, 0.3) is 0 Å². The average Bonchev–Trinajstić information content (AvgIpc) is 3.40. The number of nitrogens with zero attached hydrogens (tertiary/aromatic N) is 4. The molecule has 0 N–H and O–H groups in total. The lowest BCUT2D eigenvalue weighted by atomic mass is 10.1. The normalized spacial score (nSPS) is 24.6. The van der Waals surface area contributed by atoms with Gasteiger partial charge in [-0.1, -0.05) is 11.8 Å². The first-order chi connectivity index (χ1) is 14.5. The maximum Gasteiger partial charge on any atom is 0.191 e. The van der Waals surface area contributed by atoms with E-state index in [-0.39, 0.29) is 46.5 Å². The fourth-order valence-electron chi connectivity index (χ4n) is 4.61. The molecule has 2 aliphatic rings. The molecule has 12 heteroatoms. The van der Waals surface area contributed by atoms with Gasteiger partial charge < -0.3 is 9.13 Å². The minimum atomic E-state index is -3.02. The zero-order valence-electron chi connectivity index (χ0n) is 17.7. The lowest BCUT2D eigenvalue weighted by molar-refractivity contribution is 0.102. The second-order valence-corrected chi connectivity index (χ2v) is 13.8. The van der Waals surface area contributed by atoms with Crippen molar-refractivity contribution in [2.45, 2.75) is 43.8 Å². The van der Waals surface area contributed by atoms with Gasteiger partial charge in [-0.3, -0.25) is 4.79 Å². The molecule has 2 aromatic rings. The molecule has 0 radical (unpaired) electrons. The molecule has 0 unspecified atom stereocenters. The van der Waals surface area contributed by atoms with Crippen molar-refractivity contribution in [2.75, 3.05) is 28.8 Å². The first-order valence-electron chi connectivity index (χ1n) is 10.1. The van der Waals surface area contributed by atoms with Gasteiger partial charge in [0.2, 0.25) is 0 Å². The largest absolute Gasteiger partial charge is 0.344 e. The van der Waals surface area contributed by atoms with Crippen LogP contribution in [-0.4, -0.2) is 70.7 Å². The molecule has 2 saturated heterocycles. The number of thioether (sulfide) groups is 1. The molecule has 2 fully saturated rings. The Morgan fingerprint density at radius 2 is 1.77 bits per heavy atom. The first-order valence-corrected chi connectivity index (χ1v) is 14.7. The van der Waals surface area contributed by atoms with Crippen LogP contribution in [0, 0.1) is 13.8 Å². The summed E-state index contributed by atoms with van der Waals surface area (Å²) in [6.07, 6.45) is 1.11. The highest BCUT2D eigenvalue weighted by molar-refractivity contribution is 7.99. The number of aryl methyl sites for hydroxylation is 1. The van der Waals surface area contributed by atoms with E-state index in [9.17, 15) is 21.6 Å². The summed E-state index contributed by atoms with van der Waals surface area (Å²) in [4.78, 5) is 12.9. The Bertz CT molecular complexity index is 1240. The maximum atomic E-state index is 12.9. The summed E-state index contributed by atoms with van der Waals surface area (Å²) < 4.78 is 51.0. The lowest BCUT2D eigenvalue weighted by Crippen LogP contribution is -2.14. The molecular formula is C19H26N4O5S3. The SMILES string of the molecule is Cc1cc(C(=O)CSc2nnc([C@@H]3CCS(=O)(=O)C3)n2C)c(C)n1[C@H]1CCS(=O)(=O)C1. The summed E-state index contributed by atoms with van der Waals surface area (Å²) in [6, 6.07) is 1.71. The Kier molecular flexibility index (Phi) is 5.84. The number of carbonyl (C=O) groups is 1. The number of ketones is 1. The quantitative estimate of drug-likeness (QED) is 0.445. The van der Waals surface area contributed by atoms with E-state index >= 15 is 0 Å². The van der Waals surface area contributed by atoms with Gasteiger partial charge in [-0.2, -0.15) is 0 Å². The van der Waals surface area contributed by atoms with Crippen molar-refractivity contribution in [1.29, 1.82) is 0 Å². The predicted octanol–water partition coefficient (Wildman–Crippen LogP) is 1.47. The Labute approximate surface area is 186 Å². The summed E-state index contributed by atoms with van der Waals surface area (Å²) >= 11 is 1.27. The summed E-state index contributed by atoms with van der Waals surface area (Å²) in [5.74, 6) is 1.15. The van der Waals surface area contributed by atoms with Crippen LogP contribution in [0.1, 0.15) is 52.4 Å². The highest BCUT2D eigenvalue weighted by atomic mass is 32.2. The fourth-order valence-corrected chi connectivity index (χ4v) is 8.85. The van der Waals surface area contributed by atoms with Crippen LogP contribution in [-0.2, 0) is 26.7 Å². The van der Waals surface area contributed by atoms with Crippen molar-refractivity contribution in [3.8, 4) is 0 Å². The molecular weight excluding hydrogens is 460 g/mol. The maximum absolute atomic E-state index is 12.9. The first kappa shape index (κ1) is 22.5. The monoisotopic (exact) mass is 486 g/mol.